The number of likely N-dealkylation sites (N-methyl/N-ethyl adjacent to an activating group) is 1. The summed E-state index contributed by atoms with van der Waals surface area (Å²) in [5.41, 5.74) is 4.72. The van der Waals surface area contributed by atoms with Gasteiger partial charge in [-0.2, -0.15) is 0 Å². The fourth-order valence-corrected chi connectivity index (χ4v) is 4.22. The summed E-state index contributed by atoms with van der Waals surface area (Å²) in [4.78, 5) is 16.9. The number of nitrogens with one attached hydrogen (secondary N) is 1. The highest BCUT2D eigenvalue weighted by Crippen LogP contribution is 2.43. The number of carbonyl (C=O) groups is 1. The molecule has 2 aliphatic rings. The molecule has 0 fully saturated rings. The Morgan fingerprint density at radius 1 is 1.48 bits per heavy atom. The summed E-state index contributed by atoms with van der Waals surface area (Å²) in [6.45, 7) is 0.566. The number of aliphatic carboxylic acids is 1. The van der Waals surface area contributed by atoms with Crippen LogP contribution in [0, 0.1) is 5.92 Å². The van der Waals surface area contributed by atoms with Gasteiger partial charge in [0, 0.05) is 23.5 Å². The summed E-state index contributed by atoms with van der Waals surface area (Å²) in [6, 6.07) is 6.45. The third-order valence-electron chi connectivity index (χ3n) is 4.66. The Hall–Kier alpha value is -1.59. The van der Waals surface area contributed by atoms with Crippen molar-refractivity contribution >= 4 is 38.4 Å². The first-order chi connectivity index (χ1) is 10.1. The van der Waals surface area contributed by atoms with E-state index in [2.05, 4.69) is 37.9 Å². The lowest BCUT2D eigenvalue weighted by atomic mass is 9.80. The molecule has 2 N–H and O–H groups in total. The topological polar surface area (TPSA) is 56.3 Å². The molecule has 0 amide bonds. The number of nitrogens with zero attached hydrogens (tertiary/aromatic N) is 1. The van der Waals surface area contributed by atoms with Crippen LogP contribution in [0.5, 0.6) is 0 Å². The molecule has 1 aliphatic heterocycles. The Morgan fingerprint density at radius 3 is 3.05 bits per heavy atom. The number of carboxylic acid groups (broad SMARTS) is 1. The first kappa shape index (κ1) is 13.1. The second-order valence-corrected chi connectivity index (χ2v) is 6.66. The lowest BCUT2D eigenvalue weighted by Crippen LogP contribution is -2.44. The fraction of sp³-hybridized carbons (Fsp3) is 0.312. The molecular formula is C16H15BrN2O2. The summed E-state index contributed by atoms with van der Waals surface area (Å²) < 4.78 is 1.04. The Labute approximate surface area is 130 Å². The largest absolute Gasteiger partial charge is 0.481 e. The predicted octanol–water partition coefficient (Wildman–Crippen LogP) is 2.88. The van der Waals surface area contributed by atoms with Gasteiger partial charge >= 0.3 is 5.97 Å². The molecule has 2 heterocycles. The van der Waals surface area contributed by atoms with Crippen LogP contribution in [-0.4, -0.2) is 40.6 Å². The molecule has 4 rings (SSSR count). The van der Waals surface area contributed by atoms with E-state index in [1.165, 1.54) is 16.5 Å². The van der Waals surface area contributed by atoms with Gasteiger partial charge in [0.05, 0.1) is 10.5 Å². The van der Waals surface area contributed by atoms with Crippen molar-refractivity contribution in [1.82, 2.24) is 9.88 Å². The van der Waals surface area contributed by atoms with Crippen molar-refractivity contribution in [2.75, 3.05) is 13.6 Å². The Morgan fingerprint density at radius 2 is 2.29 bits per heavy atom. The van der Waals surface area contributed by atoms with Gasteiger partial charge < -0.3 is 10.1 Å². The Bertz CT molecular complexity index is 793. The SMILES string of the molecule is CN1C[C@H](C(=O)O)C=C2c3cccc4[nH]c(Br)c(c34)C[C@H]21. The van der Waals surface area contributed by atoms with Crippen molar-refractivity contribution in [2.24, 2.45) is 5.92 Å². The zero-order chi connectivity index (χ0) is 14.7. The van der Waals surface area contributed by atoms with E-state index in [4.69, 9.17) is 0 Å². The molecule has 0 saturated carbocycles. The number of benzene rings is 1. The molecule has 1 aliphatic carbocycles. The van der Waals surface area contributed by atoms with Crippen LogP contribution in [0.1, 0.15) is 11.1 Å². The van der Waals surface area contributed by atoms with Crippen molar-refractivity contribution in [2.45, 2.75) is 12.5 Å². The second-order valence-electron chi connectivity index (χ2n) is 5.87. The number of carboxylic acids is 1. The van der Waals surface area contributed by atoms with Crippen LogP contribution >= 0.6 is 15.9 Å². The molecule has 0 unspecified atom stereocenters. The highest BCUT2D eigenvalue weighted by atomic mass is 79.9. The van der Waals surface area contributed by atoms with Crippen molar-refractivity contribution in [3.05, 3.63) is 40.0 Å². The van der Waals surface area contributed by atoms with Crippen LogP contribution in [0.4, 0.5) is 0 Å². The van der Waals surface area contributed by atoms with Gasteiger partial charge in [0.1, 0.15) is 0 Å². The average Bonchev–Trinajstić information content (AvgIpc) is 2.77. The van der Waals surface area contributed by atoms with E-state index in [0.29, 0.717) is 6.54 Å². The number of halogens is 1. The minimum atomic E-state index is -0.749. The van der Waals surface area contributed by atoms with Gasteiger partial charge in [0.15, 0.2) is 0 Å². The normalized spacial score (nSPS) is 24.8. The van der Waals surface area contributed by atoms with Gasteiger partial charge in [-0.3, -0.25) is 9.69 Å². The molecule has 0 saturated heterocycles. The van der Waals surface area contributed by atoms with E-state index in [9.17, 15) is 9.90 Å². The van der Waals surface area contributed by atoms with E-state index >= 15 is 0 Å². The summed E-state index contributed by atoms with van der Waals surface area (Å²) in [5, 5.41) is 10.6. The maximum atomic E-state index is 11.4. The summed E-state index contributed by atoms with van der Waals surface area (Å²) in [7, 11) is 2.01. The van der Waals surface area contributed by atoms with Gasteiger partial charge in [-0.05, 0) is 52.2 Å². The predicted molar refractivity (Wildman–Crippen MR) is 85.2 cm³/mol. The van der Waals surface area contributed by atoms with E-state index in [1.807, 2.05) is 19.2 Å². The molecule has 108 valence electrons. The van der Waals surface area contributed by atoms with E-state index in [-0.39, 0.29) is 6.04 Å². The lowest BCUT2D eigenvalue weighted by molar-refractivity contribution is -0.140. The molecule has 1 aromatic carbocycles. The van der Waals surface area contributed by atoms with Crippen LogP contribution in [0.2, 0.25) is 0 Å². The average molecular weight is 347 g/mol. The summed E-state index contributed by atoms with van der Waals surface area (Å²) in [6.07, 6.45) is 2.86. The quantitative estimate of drug-likeness (QED) is 0.834. The van der Waals surface area contributed by atoms with Crippen LogP contribution in [0.3, 0.4) is 0 Å². The highest BCUT2D eigenvalue weighted by molar-refractivity contribution is 9.10. The number of aromatic amines is 1. The first-order valence-corrected chi connectivity index (χ1v) is 7.79. The monoisotopic (exact) mass is 346 g/mol. The third-order valence-corrected chi connectivity index (χ3v) is 5.33. The van der Waals surface area contributed by atoms with Gasteiger partial charge in [0.2, 0.25) is 0 Å². The molecule has 0 bridgehead atoms. The van der Waals surface area contributed by atoms with Crippen LogP contribution in [0.25, 0.3) is 16.5 Å². The summed E-state index contributed by atoms with van der Waals surface area (Å²) in [5.74, 6) is -1.18. The third kappa shape index (κ3) is 1.80. The number of hydrogen-bond donors (Lipinski definition) is 2. The molecular weight excluding hydrogens is 332 g/mol. The van der Waals surface area contributed by atoms with Crippen LogP contribution in [-0.2, 0) is 11.2 Å². The van der Waals surface area contributed by atoms with E-state index in [1.54, 1.807) is 0 Å². The minimum absolute atomic E-state index is 0.255. The lowest BCUT2D eigenvalue weighted by Gasteiger charge is -2.38. The molecule has 2 aromatic rings. The Kier molecular flexibility index (Phi) is 2.78. The molecule has 2 atom stereocenters. The van der Waals surface area contributed by atoms with Gasteiger partial charge in [-0.25, -0.2) is 0 Å². The van der Waals surface area contributed by atoms with Crippen LogP contribution in [0.15, 0.2) is 28.9 Å². The minimum Gasteiger partial charge on any atom is -0.481 e. The van der Waals surface area contributed by atoms with Crippen molar-refractivity contribution in [1.29, 1.82) is 0 Å². The maximum Gasteiger partial charge on any atom is 0.311 e. The van der Waals surface area contributed by atoms with Crippen molar-refractivity contribution < 1.29 is 9.90 Å². The molecule has 5 heteroatoms. The van der Waals surface area contributed by atoms with E-state index in [0.717, 1.165) is 22.1 Å². The zero-order valence-electron chi connectivity index (χ0n) is 11.6. The zero-order valence-corrected chi connectivity index (χ0v) is 13.1. The standard InChI is InChI=1S/C16H15BrN2O2/c1-19-7-8(16(20)21)5-10-9-3-2-4-12-14(9)11(6-13(10)19)15(17)18-12/h2-5,8,13,18H,6-7H2,1H3,(H,20,21)/t8-,13-/m1/s1. The molecule has 0 spiro atoms. The fourth-order valence-electron chi connectivity index (χ4n) is 3.65. The van der Waals surface area contributed by atoms with Crippen molar-refractivity contribution in [3.8, 4) is 0 Å². The van der Waals surface area contributed by atoms with Crippen molar-refractivity contribution in [3.63, 3.8) is 0 Å². The molecule has 0 radical (unpaired) electrons. The van der Waals surface area contributed by atoms with Gasteiger partial charge in [-0.1, -0.05) is 18.2 Å². The molecule has 21 heavy (non-hydrogen) atoms. The van der Waals surface area contributed by atoms with Gasteiger partial charge in [-0.15, -0.1) is 0 Å². The number of fused-ring (bicyclic) bond motifs is 2. The number of rotatable bonds is 1. The number of aromatic nitrogens is 1. The van der Waals surface area contributed by atoms with Crippen LogP contribution < -0.4 is 0 Å². The Balaban J connectivity index is 1.99. The summed E-state index contributed by atoms with van der Waals surface area (Å²) >= 11 is 3.62. The maximum absolute atomic E-state index is 11.4. The molecule has 4 nitrogen and oxygen atoms in total. The van der Waals surface area contributed by atoms with Gasteiger partial charge in [0.25, 0.3) is 0 Å². The highest BCUT2D eigenvalue weighted by Gasteiger charge is 2.36. The smallest absolute Gasteiger partial charge is 0.311 e. The number of H-pyrrole nitrogens is 1. The van der Waals surface area contributed by atoms with E-state index < -0.39 is 11.9 Å². The number of hydrogen-bond acceptors (Lipinski definition) is 2. The molecule has 1 aromatic heterocycles. The first-order valence-electron chi connectivity index (χ1n) is 7.00. The second kappa shape index (κ2) is 4.45.